The van der Waals surface area contributed by atoms with Crippen molar-refractivity contribution in [2.75, 3.05) is 7.11 Å². The van der Waals surface area contributed by atoms with Gasteiger partial charge in [-0.25, -0.2) is 0 Å². The van der Waals surface area contributed by atoms with Crippen LogP contribution in [-0.4, -0.2) is 18.4 Å². The molecule has 0 heterocycles. The van der Waals surface area contributed by atoms with Crippen LogP contribution >= 0.6 is 0 Å². The summed E-state index contributed by atoms with van der Waals surface area (Å²) in [5, 5.41) is 0. The Bertz CT molecular complexity index is 476. The zero-order valence-electron chi connectivity index (χ0n) is 11.4. The van der Waals surface area contributed by atoms with Gasteiger partial charge in [-0.1, -0.05) is 6.07 Å². The lowest BCUT2D eigenvalue weighted by Gasteiger charge is -2.37. The van der Waals surface area contributed by atoms with E-state index in [4.69, 9.17) is 10.5 Å². The third-order valence-electron chi connectivity index (χ3n) is 3.80. The van der Waals surface area contributed by atoms with E-state index in [2.05, 4.69) is 0 Å². The largest absolute Gasteiger partial charge is 0.496 e. The van der Waals surface area contributed by atoms with Gasteiger partial charge in [-0.05, 0) is 50.3 Å². The van der Waals surface area contributed by atoms with Crippen molar-refractivity contribution >= 4 is 5.78 Å². The van der Waals surface area contributed by atoms with Crippen molar-refractivity contribution < 1.29 is 9.53 Å². The van der Waals surface area contributed by atoms with Gasteiger partial charge >= 0.3 is 0 Å². The monoisotopic (exact) mass is 247 g/mol. The minimum absolute atomic E-state index is 0.103. The van der Waals surface area contributed by atoms with Gasteiger partial charge in [0.15, 0.2) is 5.78 Å². The minimum atomic E-state index is -0.278. The molecule has 3 nitrogen and oxygen atoms in total. The van der Waals surface area contributed by atoms with E-state index < -0.39 is 0 Å². The molecule has 0 amide bonds. The highest BCUT2D eigenvalue weighted by Gasteiger charge is 2.35. The maximum Gasteiger partial charge on any atom is 0.168 e. The molecule has 2 rings (SSSR count). The normalized spacial score (nSPS) is 17.1. The predicted octanol–water partition coefficient (Wildman–Crippen LogP) is 2.77. The second-order valence-corrected chi connectivity index (χ2v) is 5.47. The molecule has 1 fully saturated rings. The van der Waals surface area contributed by atoms with E-state index in [9.17, 15) is 4.79 Å². The molecule has 0 aromatic heterocycles. The van der Waals surface area contributed by atoms with Crippen molar-refractivity contribution in [2.24, 2.45) is 5.73 Å². The first-order valence-electron chi connectivity index (χ1n) is 6.42. The number of ether oxygens (including phenoxy) is 1. The molecule has 18 heavy (non-hydrogen) atoms. The number of nitrogens with two attached hydrogens (primary N) is 1. The van der Waals surface area contributed by atoms with Crippen molar-refractivity contribution in [1.82, 2.24) is 0 Å². The van der Waals surface area contributed by atoms with Gasteiger partial charge in [0.2, 0.25) is 0 Å². The van der Waals surface area contributed by atoms with Crippen molar-refractivity contribution in [1.29, 1.82) is 0 Å². The number of hydrogen-bond acceptors (Lipinski definition) is 3. The molecule has 0 bridgehead atoms. The van der Waals surface area contributed by atoms with Gasteiger partial charge in [-0.15, -0.1) is 0 Å². The number of methoxy groups -OCH3 is 1. The van der Waals surface area contributed by atoms with Crippen LogP contribution in [0.2, 0.25) is 0 Å². The Kier molecular flexibility index (Phi) is 3.44. The highest BCUT2D eigenvalue weighted by atomic mass is 16.5. The summed E-state index contributed by atoms with van der Waals surface area (Å²) in [6, 6.07) is 3.92. The highest BCUT2D eigenvalue weighted by molar-refractivity contribution is 6.00. The number of hydrogen-bond donors (Lipinski definition) is 1. The lowest BCUT2D eigenvalue weighted by Crippen LogP contribution is -2.48. The molecule has 0 aliphatic heterocycles. The van der Waals surface area contributed by atoms with Crippen LogP contribution in [-0.2, 0) is 0 Å². The summed E-state index contributed by atoms with van der Waals surface area (Å²) in [4.78, 5) is 12.4. The highest BCUT2D eigenvalue weighted by Crippen LogP contribution is 2.35. The van der Waals surface area contributed by atoms with Crippen molar-refractivity contribution in [3.05, 3.63) is 28.8 Å². The molecule has 1 aliphatic rings. The number of carbonyl (C=O) groups excluding carboxylic acids is 1. The minimum Gasteiger partial charge on any atom is -0.496 e. The third kappa shape index (κ3) is 2.41. The van der Waals surface area contributed by atoms with E-state index in [1.165, 1.54) is 0 Å². The molecule has 0 saturated heterocycles. The summed E-state index contributed by atoms with van der Waals surface area (Å²) in [6.07, 6.45) is 3.46. The van der Waals surface area contributed by atoms with Crippen molar-refractivity contribution in [3.8, 4) is 5.75 Å². The molecule has 1 saturated carbocycles. The Balaban J connectivity index is 2.29. The summed E-state index contributed by atoms with van der Waals surface area (Å²) in [7, 11) is 1.60. The molecular formula is C15H21NO2. The molecule has 0 atom stereocenters. The second kappa shape index (κ2) is 4.73. The standard InChI is InChI=1S/C15H21NO2/c1-10-7-11(2)14(13(8-10)18-3)12(17)9-15(16)5-4-6-15/h7-8H,4-6,9,16H2,1-3H3. The summed E-state index contributed by atoms with van der Waals surface area (Å²) in [6.45, 7) is 3.95. The number of benzene rings is 1. The van der Waals surface area contributed by atoms with E-state index >= 15 is 0 Å². The van der Waals surface area contributed by atoms with Gasteiger partial charge in [-0.3, -0.25) is 4.79 Å². The van der Waals surface area contributed by atoms with E-state index in [-0.39, 0.29) is 11.3 Å². The number of Topliss-reactive ketones (excluding diaryl/α,β-unsaturated/α-hetero) is 1. The van der Waals surface area contributed by atoms with Gasteiger partial charge < -0.3 is 10.5 Å². The van der Waals surface area contributed by atoms with Crippen molar-refractivity contribution in [3.63, 3.8) is 0 Å². The Morgan fingerprint density at radius 1 is 1.39 bits per heavy atom. The maximum atomic E-state index is 12.4. The van der Waals surface area contributed by atoms with Gasteiger partial charge in [-0.2, -0.15) is 0 Å². The Morgan fingerprint density at radius 2 is 2.06 bits per heavy atom. The lowest BCUT2D eigenvalue weighted by atomic mass is 9.73. The Labute approximate surface area is 108 Å². The van der Waals surface area contributed by atoms with E-state index in [0.717, 1.165) is 30.4 Å². The zero-order valence-corrected chi connectivity index (χ0v) is 11.4. The molecule has 2 N–H and O–H groups in total. The number of carbonyl (C=O) groups is 1. The Morgan fingerprint density at radius 3 is 2.56 bits per heavy atom. The fourth-order valence-corrected chi connectivity index (χ4v) is 2.66. The van der Waals surface area contributed by atoms with Crippen LogP contribution in [0.4, 0.5) is 0 Å². The first-order valence-corrected chi connectivity index (χ1v) is 6.42. The summed E-state index contributed by atoms with van der Waals surface area (Å²) in [5.74, 6) is 0.770. The molecular weight excluding hydrogens is 226 g/mol. The quantitative estimate of drug-likeness (QED) is 0.832. The van der Waals surface area contributed by atoms with Crippen LogP contribution in [0.5, 0.6) is 5.75 Å². The third-order valence-corrected chi connectivity index (χ3v) is 3.80. The fraction of sp³-hybridized carbons (Fsp3) is 0.533. The first kappa shape index (κ1) is 13.1. The lowest BCUT2D eigenvalue weighted by molar-refractivity contribution is 0.0908. The topological polar surface area (TPSA) is 52.3 Å². The van der Waals surface area contributed by atoms with Gasteiger partial charge in [0.25, 0.3) is 0 Å². The van der Waals surface area contributed by atoms with Crippen LogP contribution in [0.1, 0.15) is 47.2 Å². The molecule has 0 spiro atoms. The van der Waals surface area contributed by atoms with E-state index in [1.807, 2.05) is 26.0 Å². The molecule has 1 aromatic rings. The van der Waals surface area contributed by atoms with Crippen molar-refractivity contribution in [2.45, 2.75) is 45.1 Å². The van der Waals surface area contributed by atoms with Crippen LogP contribution in [0.25, 0.3) is 0 Å². The first-order chi connectivity index (χ1) is 8.45. The average molecular weight is 247 g/mol. The number of aryl methyl sites for hydroxylation is 2. The van der Waals surface area contributed by atoms with Crippen LogP contribution in [0, 0.1) is 13.8 Å². The van der Waals surface area contributed by atoms with E-state index in [1.54, 1.807) is 7.11 Å². The molecule has 1 aliphatic carbocycles. The number of rotatable bonds is 4. The zero-order chi connectivity index (χ0) is 13.3. The average Bonchev–Trinajstić information content (AvgIpc) is 2.25. The fourth-order valence-electron chi connectivity index (χ4n) is 2.66. The number of ketones is 1. The predicted molar refractivity (Wildman–Crippen MR) is 72.2 cm³/mol. The van der Waals surface area contributed by atoms with Gasteiger partial charge in [0.1, 0.15) is 5.75 Å². The Hall–Kier alpha value is -1.35. The van der Waals surface area contributed by atoms with Gasteiger partial charge in [0, 0.05) is 12.0 Å². The molecule has 3 heteroatoms. The molecule has 0 radical (unpaired) electrons. The summed E-state index contributed by atoms with van der Waals surface area (Å²) < 4.78 is 5.33. The van der Waals surface area contributed by atoms with Crippen LogP contribution in [0.3, 0.4) is 0 Å². The van der Waals surface area contributed by atoms with Crippen LogP contribution < -0.4 is 10.5 Å². The summed E-state index contributed by atoms with van der Waals surface area (Å²) in [5.41, 5.74) is 8.64. The van der Waals surface area contributed by atoms with E-state index in [0.29, 0.717) is 17.7 Å². The SMILES string of the molecule is COc1cc(C)cc(C)c1C(=O)CC1(N)CCC1. The maximum absolute atomic E-state index is 12.4. The second-order valence-electron chi connectivity index (χ2n) is 5.47. The molecule has 98 valence electrons. The van der Waals surface area contributed by atoms with Gasteiger partial charge in [0.05, 0.1) is 12.7 Å². The smallest absolute Gasteiger partial charge is 0.168 e. The molecule has 1 aromatic carbocycles. The summed E-state index contributed by atoms with van der Waals surface area (Å²) >= 11 is 0. The molecule has 0 unspecified atom stereocenters. The van der Waals surface area contributed by atoms with Crippen LogP contribution in [0.15, 0.2) is 12.1 Å².